The van der Waals surface area contributed by atoms with Crippen LogP contribution in [0.3, 0.4) is 0 Å². The van der Waals surface area contributed by atoms with Crippen LogP contribution in [0.25, 0.3) is 10.2 Å². The van der Waals surface area contributed by atoms with Gasteiger partial charge in [-0.25, -0.2) is 4.98 Å². The van der Waals surface area contributed by atoms with Gasteiger partial charge in [0.15, 0.2) is 12.4 Å². The summed E-state index contributed by atoms with van der Waals surface area (Å²) in [6.07, 6.45) is 2.15. The number of quaternary nitrogens is 1. The third kappa shape index (κ3) is 3.72. The quantitative estimate of drug-likeness (QED) is 0.749. The van der Waals surface area contributed by atoms with Crippen molar-refractivity contribution in [2.75, 3.05) is 25.0 Å². The van der Waals surface area contributed by atoms with Crippen molar-refractivity contribution < 1.29 is 14.2 Å². The smallest absolute Gasteiger partial charge is 0.280 e. The van der Waals surface area contributed by atoms with Gasteiger partial charge in [-0.1, -0.05) is 17.3 Å². The van der Waals surface area contributed by atoms with Crippen molar-refractivity contribution in [2.45, 2.75) is 25.7 Å². The maximum absolute atomic E-state index is 12.1. The molecule has 1 aliphatic heterocycles. The van der Waals surface area contributed by atoms with Crippen LogP contribution in [0.2, 0.25) is 0 Å². The average Bonchev–Trinajstić information content (AvgIpc) is 3.21. The molecule has 25 heavy (non-hydrogen) atoms. The highest BCUT2D eigenvalue weighted by atomic mass is 32.1. The number of fused-ring (bicyclic) bond motifs is 1. The maximum atomic E-state index is 12.1. The number of nitrogens with one attached hydrogen (secondary N) is 2. The van der Waals surface area contributed by atoms with E-state index in [4.69, 9.17) is 9.51 Å². The largest absolute Gasteiger partial charge is 0.360 e. The van der Waals surface area contributed by atoms with Crippen LogP contribution in [0.15, 0.2) is 34.9 Å². The van der Waals surface area contributed by atoms with Crippen LogP contribution in [-0.4, -0.2) is 35.7 Å². The van der Waals surface area contributed by atoms with Crippen LogP contribution in [0, 0.1) is 6.92 Å². The molecule has 0 radical (unpaired) electrons. The van der Waals surface area contributed by atoms with Gasteiger partial charge < -0.3 is 14.7 Å². The van der Waals surface area contributed by atoms with Crippen molar-refractivity contribution in [3.05, 3.63) is 41.1 Å². The van der Waals surface area contributed by atoms with Crippen molar-refractivity contribution in [3.63, 3.8) is 0 Å². The molecule has 1 amide bonds. The lowest BCUT2D eigenvalue weighted by Gasteiger charge is -2.27. The van der Waals surface area contributed by atoms with E-state index in [0.717, 1.165) is 31.4 Å². The average molecular weight is 357 g/mol. The predicted molar refractivity (Wildman–Crippen MR) is 97.0 cm³/mol. The normalized spacial score (nSPS) is 20.7. The van der Waals surface area contributed by atoms with Crippen molar-refractivity contribution in [1.29, 1.82) is 0 Å². The van der Waals surface area contributed by atoms with E-state index in [0.29, 0.717) is 24.0 Å². The first-order chi connectivity index (χ1) is 12.2. The highest BCUT2D eigenvalue weighted by Gasteiger charge is 2.27. The van der Waals surface area contributed by atoms with E-state index in [1.807, 2.05) is 6.07 Å². The molecule has 2 aromatic heterocycles. The van der Waals surface area contributed by atoms with Crippen molar-refractivity contribution in [1.82, 2.24) is 10.1 Å². The standard InChI is InChI=1S/C18H20N4O2S/c1-12-10-16(21-24-12)20-17(23)11-22-8-6-13(7-9-22)18-19-14-4-2-3-5-15(14)25-18/h2-5,10,13H,6-9,11H2,1H3,(H,20,21,23)/p+1. The Morgan fingerprint density at radius 2 is 2.16 bits per heavy atom. The van der Waals surface area contributed by atoms with E-state index in [9.17, 15) is 4.79 Å². The van der Waals surface area contributed by atoms with Crippen molar-refractivity contribution >= 4 is 33.3 Å². The third-order valence-electron chi connectivity index (χ3n) is 4.66. The molecular formula is C18H21N4O2S+. The molecule has 4 rings (SSSR count). The Morgan fingerprint density at radius 3 is 2.88 bits per heavy atom. The number of aromatic nitrogens is 2. The number of thiazole rings is 1. The summed E-state index contributed by atoms with van der Waals surface area (Å²) in [6.45, 7) is 4.26. The Labute approximate surface area is 149 Å². The summed E-state index contributed by atoms with van der Waals surface area (Å²) in [4.78, 5) is 18.2. The number of carbonyl (C=O) groups excluding carboxylic acids is 1. The number of likely N-dealkylation sites (tertiary alicyclic amines) is 1. The van der Waals surface area contributed by atoms with E-state index in [1.54, 1.807) is 24.3 Å². The monoisotopic (exact) mass is 357 g/mol. The second-order valence-corrected chi connectivity index (χ2v) is 7.65. The summed E-state index contributed by atoms with van der Waals surface area (Å²) < 4.78 is 6.22. The van der Waals surface area contributed by atoms with Gasteiger partial charge in [0.05, 0.1) is 28.3 Å². The molecule has 3 heterocycles. The molecule has 0 unspecified atom stereocenters. The van der Waals surface area contributed by atoms with Crippen LogP contribution < -0.4 is 10.2 Å². The number of nitrogens with zero attached hydrogens (tertiary/aromatic N) is 2. The van der Waals surface area contributed by atoms with E-state index in [2.05, 4.69) is 28.7 Å². The fourth-order valence-corrected chi connectivity index (χ4v) is 4.49. The molecule has 1 aliphatic rings. The zero-order valence-corrected chi connectivity index (χ0v) is 14.9. The number of para-hydroxylation sites is 1. The first kappa shape index (κ1) is 16.2. The van der Waals surface area contributed by atoms with Gasteiger partial charge in [0.1, 0.15) is 5.76 Å². The molecule has 0 saturated carbocycles. The number of hydrogen-bond donors (Lipinski definition) is 2. The lowest BCUT2D eigenvalue weighted by atomic mass is 9.97. The molecule has 1 fully saturated rings. The van der Waals surface area contributed by atoms with Gasteiger partial charge in [0.25, 0.3) is 5.91 Å². The number of piperidine rings is 1. The highest BCUT2D eigenvalue weighted by molar-refractivity contribution is 7.18. The Morgan fingerprint density at radius 1 is 1.36 bits per heavy atom. The fourth-order valence-electron chi connectivity index (χ4n) is 3.35. The minimum absolute atomic E-state index is 0.0123. The molecule has 7 heteroatoms. The first-order valence-electron chi connectivity index (χ1n) is 8.59. The summed E-state index contributed by atoms with van der Waals surface area (Å²) in [6, 6.07) is 10.0. The Bertz CT molecular complexity index is 847. The molecule has 0 spiro atoms. The number of rotatable bonds is 4. The molecule has 2 N–H and O–H groups in total. The van der Waals surface area contributed by atoms with Gasteiger partial charge >= 0.3 is 0 Å². The fraction of sp³-hybridized carbons (Fsp3) is 0.389. The third-order valence-corrected chi connectivity index (χ3v) is 5.86. The van der Waals surface area contributed by atoms with Gasteiger partial charge in [0, 0.05) is 24.8 Å². The van der Waals surface area contributed by atoms with E-state index >= 15 is 0 Å². The van der Waals surface area contributed by atoms with Crippen LogP contribution in [0.4, 0.5) is 5.82 Å². The van der Waals surface area contributed by atoms with Crippen LogP contribution in [0.5, 0.6) is 0 Å². The SMILES string of the molecule is Cc1cc(NC(=O)C[NH+]2CCC(c3nc4ccccc4s3)CC2)no1. The molecule has 3 aromatic rings. The number of benzene rings is 1. The number of amides is 1. The minimum atomic E-state index is -0.0123. The minimum Gasteiger partial charge on any atom is -0.360 e. The van der Waals surface area contributed by atoms with Gasteiger partial charge in [-0.15, -0.1) is 11.3 Å². The Kier molecular flexibility index (Phi) is 4.50. The van der Waals surface area contributed by atoms with Gasteiger partial charge in [-0.2, -0.15) is 0 Å². The molecule has 0 atom stereocenters. The molecule has 1 saturated heterocycles. The molecule has 0 bridgehead atoms. The van der Waals surface area contributed by atoms with Crippen LogP contribution in [-0.2, 0) is 4.79 Å². The summed E-state index contributed by atoms with van der Waals surface area (Å²) in [5.41, 5.74) is 1.10. The summed E-state index contributed by atoms with van der Waals surface area (Å²) in [7, 11) is 0. The Hall–Kier alpha value is -2.25. The van der Waals surface area contributed by atoms with Crippen molar-refractivity contribution in [2.24, 2.45) is 0 Å². The molecule has 130 valence electrons. The first-order valence-corrected chi connectivity index (χ1v) is 9.41. The Balaban J connectivity index is 1.31. The molecule has 1 aromatic carbocycles. The zero-order valence-electron chi connectivity index (χ0n) is 14.1. The summed E-state index contributed by atoms with van der Waals surface area (Å²) >= 11 is 1.80. The van der Waals surface area contributed by atoms with Crippen LogP contribution >= 0.6 is 11.3 Å². The number of anilines is 1. The highest BCUT2D eigenvalue weighted by Crippen LogP contribution is 2.31. The van der Waals surface area contributed by atoms with E-state index in [1.165, 1.54) is 14.6 Å². The molecule has 0 aliphatic carbocycles. The van der Waals surface area contributed by atoms with Crippen LogP contribution in [0.1, 0.15) is 29.5 Å². The van der Waals surface area contributed by atoms with E-state index in [-0.39, 0.29) is 5.91 Å². The lowest BCUT2D eigenvalue weighted by molar-refractivity contribution is -0.897. The van der Waals surface area contributed by atoms with Gasteiger partial charge in [0.2, 0.25) is 0 Å². The number of carbonyl (C=O) groups is 1. The molecular weight excluding hydrogens is 336 g/mol. The predicted octanol–water partition coefficient (Wildman–Crippen LogP) is 1.99. The second kappa shape index (κ2) is 6.93. The summed E-state index contributed by atoms with van der Waals surface area (Å²) in [5, 5.41) is 7.83. The molecule has 6 nitrogen and oxygen atoms in total. The topological polar surface area (TPSA) is 72.5 Å². The second-order valence-electron chi connectivity index (χ2n) is 6.59. The van der Waals surface area contributed by atoms with Gasteiger partial charge in [-0.3, -0.25) is 4.79 Å². The zero-order chi connectivity index (χ0) is 17.2. The number of hydrogen-bond acceptors (Lipinski definition) is 5. The summed E-state index contributed by atoms with van der Waals surface area (Å²) in [5.74, 6) is 1.69. The van der Waals surface area contributed by atoms with E-state index < -0.39 is 0 Å². The lowest BCUT2D eigenvalue weighted by Crippen LogP contribution is -3.14. The van der Waals surface area contributed by atoms with Crippen molar-refractivity contribution in [3.8, 4) is 0 Å². The maximum Gasteiger partial charge on any atom is 0.280 e. The van der Waals surface area contributed by atoms with Gasteiger partial charge in [-0.05, 0) is 19.1 Å². The number of aryl methyl sites for hydroxylation is 1.